The van der Waals surface area contributed by atoms with Crippen molar-refractivity contribution in [2.75, 3.05) is 13.2 Å². The van der Waals surface area contributed by atoms with E-state index >= 15 is 0 Å². The van der Waals surface area contributed by atoms with Gasteiger partial charge >= 0.3 is 23.9 Å². The molecule has 2 saturated heterocycles. The standard InChI is InChI=1S/C14H14O10/c15-9(16)1-3-11(19)23-7-5-21-14-8(6-22-13(7)14)24-12(20)4-2-10(17)18/h1-4,7-8,13-14H,5-6H2,(H,15,16)(H,17,18)/b3-1-,4-2+/t7-,8-,13?,14?/m1/s1. The molecule has 2 N–H and O–H groups in total. The highest BCUT2D eigenvalue weighted by molar-refractivity contribution is 5.91. The number of fused-ring (bicyclic) bond motifs is 1. The van der Waals surface area contributed by atoms with E-state index in [1.54, 1.807) is 0 Å². The monoisotopic (exact) mass is 342 g/mol. The largest absolute Gasteiger partial charge is 0.478 e. The predicted molar refractivity (Wildman–Crippen MR) is 72.8 cm³/mol. The zero-order valence-corrected chi connectivity index (χ0v) is 12.2. The maximum absolute atomic E-state index is 11.5. The molecule has 24 heavy (non-hydrogen) atoms. The number of esters is 2. The van der Waals surface area contributed by atoms with Gasteiger partial charge in [-0.3, -0.25) is 0 Å². The third kappa shape index (κ3) is 4.64. The second-order valence-corrected chi connectivity index (χ2v) is 4.89. The Hall–Kier alpha value is -2.72. The quantitative estimate of drug-likeness (QED) is 0.450. The van der Waals surface area contributed by atoms with Crippen LogP contribution < -0.4 is 0 Å². The van der Waals surface area contributed by atoms with Crippen molar-refractivity contribution in [2.24, 2.45) is 0 Å². The molecule has 0 aromatic carbocycles. The Labute approximate surface area is 135 Å². The van der Waals surface area contributed by atoms with Gasteiger partial charge in [0.25, 0.3) is 0 Å². The number of hydrogen-bond acceptors (Lipinski definition) is 8. The average Bonchev–Trinajstić information content (AvgIpc) is 3.07. The van der Waals surface area contributed by atoms with Crippen LogP contribution in [0.5, 0.6) is 0 Å². The molecule has 0 bridgehead atoms. The first kappa shape index (κ1) is 17.6. The van der Waals surface area contributed by atoms with Gasteiger partial charge in [0, 0.05) is 24.3 Å². The zero-order chi connectivity index (χ0) is 17.7. The molecule has 0 saturated carbocycles. The molecule has 2 heterocycles. The van der Waals surface area contributed by atoms with Crippen molar-refractivity contribution < 1.29 is 48.3 Å². The van der Waals surface area contributed by atoms with Crippen LogP contribution >= 0.6 is 0 Å². The van der Waals surface area contributed by atoms with E-state index in [1.165, 1.54) is 0 Å². The summed E-state index contributed by atoms with van der Waals surface area (Å²) >= 11 is 0. The van der Waals surface area contributed by atoms with Crippen molar-refractivity contribution in [2.45, 2.75) is 24.4 Å². The van der Waals surface area contributed by atoms with Gasteiger partial charge in [-0.2, -0.15) is 0 Å². The van der Waals surface area contributed by atoms with E-state index in [9.17, 15) is 19.2 Å². The summed E-state index contributed by atoms with van der Waals surface area (Å²) in [6.07, 6.45) is -0.0348. The van der Waals surface area contributed by atoms with Gasteiger partial charge in [0.2, 0.25) is 0 Å². The molecule has 0 aliphatic carbocycles. The van der Waals surface area contributed by atoms with Gasteiger partial charge in [-0.05, 0) is 0 Å². The first-order valence-corrected chi connectivity index (χ1v) is 6.83. The minimum absolute atomic E-state index is 0.000993. The van der Waals surface area contributed by atoms with Crippen LogP contribution in [0.25, 0.3) is 0 Å². The van der Waals surface area contributed by atoms with Crippen molar-refractivity contribution in [3.8, 4) is 0 Å². The Kier molecular flexibility index (Phi) is 5.66. The van der Waals surface area contributed by atoms with Crippen molar-refractivity contribution >= 4 is 23.9 Å². The van der Waals surface area contributed by atoms with Gasteiger partial charge in [-0.15, -0.1) is 0 Å². The lowest BCUT2D eigenvalue weighted by Gasteiger charge is -2.16. The summed E-state index contributed by atoms with van der Waals surface area (Å²) in [5, 5.41) is 16.9. The van der Waals surface area contributed by atoms with Crippen LogP contribution in [0.1, 0.15) is 0 Å². The summed E-state index contributed by atoms with van der Waals surface area (Å²) < 4.78 is 20.9. The van der Waals surface area contributed by atoms with E-state index in [0.29, 0.717) is 12.2 Å². The molecule has 2 fully saturated rings. The topological polar surface area (TPSA) is 146 Å². The van der Waals surface area contributed by atoms with Gasteiger partial charge in [0.1, 0.15) is 12.2 Å². The summed E-state index contributed by atoms with van der Waals surface area (Å²) in [6, 6.07) is 0. The van der Waals surface area contributed by atoms with E-state index < -0.39 is 48.3 Å². The molecule has 10 heteroatoms. The SMILES string of the molecule is O=C(O)/C=C\C(=O)O[C@@H]1COC2C1OC[C@H]2OC(=O)/C=C/C(=O)O. The third-order valence-electron chi connectivity index (χ3n) is 3.22. The van der Waals surface area contributed by atoms with Crippen LogP contribution in [0, 0.1) is 0 Å². The summed E-state index contributed by atoms with van der Waals surface area (Å²) in [7, 11) is 0. The molecule has 0 aromatic rings. The fourth-order valence-electron chi connectivity index (χ4n) is 2.29. The molecule has 2 rings (SSSR count). The van der Waals surface area contributed by atoms with E-state index in [1.807, 2.05) is 0 Å². The van der Waals surface area contributed by atoms with Gasteiger partial charge in [0.05, 0.1) is 13.2 Å². The molecule has 0 radical (unpaired) electrons. The number of aliphatic carboxylic acids is 2. The smallest absolute Gasteiger partial charge is 0.331 e. The number of carbonyl (C=O) groups excluding carboxylic acids is 2. The lowest BCUT2D eigenvalue weighted by Crippen LogP contribution is -2.35. The molecular formula is C14H14O10. The highest BCUT2D eigenvalue weighted by atomic mass is 16.7. The van der Waals surface area contributed by atoms with Crippen LogP contribution in [-0.2, 0) is 38.1 Å². The minimum Gasteiger partial charge on any atom is -0.478 e. The number of rotatable bonds is 6. The normalized spacial score (nSPS) is 28.8. The second kappa shape index (κ2) is 7.70. The molecule has 2 aliphatic rings. The predicted octanol–water partition coefficient (Wildman–Crippen LogP) is -1.11. The van der Waals surface area contributed by atoms with Crippen LogP contribution in [0.2, 0.25) is 0 Å². The van der Waals surface area contributed by atoms with Crippen molar-refractivity contribution in [3.05, 3.63) is 24.3 Å². The fourth-order valence-corrected chi connectivity index (χ4v) is 2.29. The molecule has 2 aliphatic heterocycles. The Balaban J connectivity index is 1.87. The number of hydrogen-bond donors (Lipinski definition) is 2. The first-order valence-electron chi connectivity index (χ1n) is 6.83. The number of carboxylic acid groups (broad SMARTS) is 2. The molecule has 2 unspecified atom stereocenters. The Morgan fingerprint density at radius 1 is 0.750 bits per heavy atom. The average molecular weight is 342 g/mol. The molecule has 0 aromatic heterocycles. The Morgan fingerprint density at radius 2 is 1.12 bits per heavy atom. The second-order valence-electron chi connectivity index (χ2n) is 4.89. The van der Waals surface area contributed by atoms with E-state index in [4.69, 9.17) is 29.2 Å². The van der Waals surface area contributed by atoms with Gasteiger partial charge in [-0.25, -0.2) is 19.2 Å². The van der Waals surface area contributed by atoms with Crippen LogP contribution in [0.3, 0.4) is 0 Å². The summed E-state index contributed by atoms with van der Waals surface area (Å²) in [5.41, 5.74) is 0. The third-order valence-corrected chi connectivity index (χ3v) is 3.22. The lowest BCUT2D eigenvalue weighted by atomic mass is 10.1. The summed E-state index contributed by atoms with van der Waals surface area (Å²) in [4.78, 5) is 43.6. The molecule has 4 atom stereocenters. The maximum atomic E-state index is 11.5. The fraction of sp³-hybridized carbons (Fsp3) is 0.429. The molecule has 10 nitrogen and oxygen atoms in total. The highest BCUT2D eigenvalue weighted by Crippen LogP contribution is 2.30. The number of ether oxygens (including phenoxy) is 4. The van der Waals surface area contributed by atoms with Crippen LogP contribution in [0.4, 0.5) is 0 Å². The van der Waals surface area contributed by atoms with Gasteiger partial charge < -0.3 is 29.2 Å². The maximum Gasteiger partial charge on any atom is 0.331 e. The molecule has 130 valence electrons. The van der Waals surface area contributed by atoms with Gasteiger partial charge in [-0.1, -0.05) is 0 Å². The van der Waals surface area contributed by atoms with Crippen molar-refractivity contribution in [1.29, 1.82) is 0 Å². The first-order chi connectivity index (χ1) is 11.4. The Bertz CT molecular complexity index is 540. The lowest BCUT2D eigenvalue weighted by molar-refractivity contribution is -0.149. The molecule has 0 amide bonds. The summed E-state index contributed by atoms with van der Waals surface area (Å²) in [6.45, 7) is 0.00199. The zero-order valence-electron chi connectivity index (χ0n) is 12.2. The minimum atomic E-state index is -1.29. The molecular weight excluding hydrogens is 328 g/mol. The van der Waals surface area contributed by atoms with E-state index in [2.05, 4.69) is 0 Å². The number of carboxylic acids is 2. The molecule has 0 spiro atoms. The number of carbonyl (C=O) groups is 4. The van der Waals surface area contributed by atoms with E-state index in [0.717, 1.165) is 12.2 Å². The van der Waals surface area contributed by atoms with E-state index in [-0.39, 0.29) is 13.2 Å². The Morgan fingerprint density at radius 3 is 1.46 bits per heavy atom. The van der Waals surface area contributed by atoms with Gasteiger partial charge in [0.15, 0.2) is 12.2 Å². The van der Waals surface area contributed by atoms with Crippen LogP contribution in [0.15, 0.2) is 24.3 Å². The van der Waals surface area contributed by atoms with Crippen molar-refractivity contribution in [1.82, 2.24) is 0 Å². The highest BCUT2D eigenvalue weighted by Gasteiger charge is 2.50. The summed E-state index contributed by atoms with van der Waals surface area (Å²) in [5.74, 6) is -4.29. The van der Waals surface area contributed by atoms with Crippen LogP contribution in [-0.4, -0.2) is 71.7 Å². The van der Waals surface area contributed by atoms with Crippen molar-refractivity contribution in [3.63, 3.8) is 0 Å².